The Balaban J connectivity index is 1.94. The molecule has 0 aromatic carbocycles. The highest BCUT2D eigenvalue weighted by Gasteiger charge is 1.98. The van der Waals surface area contributed by atoms with Gasteiger partial charge in [0.05, 0.1) is 0 Å². The molecule has 2 nitrogen and oxygen atoms in total. The lowest BCUT2D eigenvalue weighted by molar-refractivity contribution is 0.541. The van der Waals surface area contributed by atoms with Gasteiger partial charge >= 0.3 is 0 Å². The lowest BCUT2D eigenvalue weighted by Crippen LogP contribution is -2.24. The van der Waals surface area contributed by atoms with Crippen LogP contribution in [0.15, 0.2) is 10.8 Å². The van der Waals surface area contributed by atoms with E-state index in [-0.39, 0.29) is 0 Å². The van der Waals surface area contributed by atoms with Crippen LogP contribution in [0.5, 0.6) is 0 Å². The molecular weight excluding hydrogens is 216 g/mol. The number of rotatable bonds is 8. The number of aryl methyl sites for hydroxylation is 1. The molecule has 1 rings (SSSR count). The molecule has 0 atom stereocenters. The summed E-state index contributed by atoms with van der Waals surface area (Å²) in [4.78, 5) is 0. The zero-order valence-corrected chi connectivity index (χ0v) is 11.5. The third-order valence-electron chi connectivity index (χ3n) is 2.61. The highest BCUT2D eigenvalue weighted by Crippen LogP contribution is 2.12. The maximum atomic E-state index is 3.50. The van der Waals surface area contributed by atoms with Gasteiger partial charge in [0, 0.05) is 12.6 Å². The maximum Gasteiger partial charge on any atom is 0.0216 e. The molecule has 2 N–H and O–H groups in total. The fourth-order valence-corrected chi connectivity index (χ4v) is 2.41. The normalized spacial score (nSPS) is 11.2. The van der Waals surface area contributed by atoms with Gasteiger partial charge in [-0.1, -0.05) is 13.8 Å². The lowest BCUT2D eigenvalue weighted by Gasteiger charge is -2.08. The predicted octanol–water partition coefficient (Wildman–Crippen LogP) is 2.92. The van der Waals surface area contributed by atoms with Crippen molar-refractivity contribution in [2.24, 2.45) is 0 Å². The second kappa shape index (κ2) is 7.82. The van der Waals surface area contributed by atoms with Gasteiger partial charge in [0.1, 0.15) is 0 Å². The van der Waals surface area contributed by atoms with E-state index in [1.807, 2.05) is 0 Å². The highest BCUT2D eigenvalue weighted by atomic mass is 32.1. The average Bonchev–Trinajstić information content (AvgIpc) is 2.62. The molecule has 0 unspecified atom stereocenters. The third-order valence-corrected chi connectivity index (χ3v) is 3.52. The SMILES string of the molecule is Cc1cscc1CNCCCCNC(C)C. The number of hydrogen-bond donors (Lipinski definition) is 2. The Kier molecular flexibility index (Phi) is 6.69. The van der Waals surface area contributed by atoms with E-state index in [1.165, 1.54) is 24.0 Å². The fourth-order valence-electron chi connectivity index (χ4n) is 1.56. The van der Waals surface area contributed by atoms with Crippen molar-refractivity contribution in [2.75, 3.05) is 13.1 Å². The minimum atomic E-state index is 0.612. The Labute approximate surface area is 103 Å². The van der Waals surface area contributed by atoms with Gasteiger partial charge in [0.15, 0.2) is 0 Å². The van der Waals surface area contributed by atoms with Gasteiger partial charge in [-0.3, -0.25) is 0 Å². The Morgan fingerprint density at radius 1 is 1.19 bits per heavy atom. The Morgan fingerprint density at radius 3 is 2.56 bits per heavy atom. The summed E-state index contributed by atoms with van der Waals surface area (Å²) < 4.78 is 0. The van der Waals surface area contributed by atoms with Crippen molar-refractivity contribution in [3.63, 3.8) is 0 Å². The molecule has 0 aliphatic heterocycles. The summed E-state index contributed by atoms with van der Waals surface area (Å²) in [6, 6.07) is 0.612. The summed E-state index contributed by atoms with van der Waals surface area (Å²) in [5.41, 5.74) is 2.87. The summed E-state index contributed by atoms with van der Waals surface area (Å²) in [6.07, 6.45) is 2.51. The van der Waals surface area contributed by atoms with Crippen molar-refractivity contribution in [3.8, 4) is 0 Å². The van der Waals surface area contributed by atoms with E-state index in [2.05, 4.69) is 42.2 Å². The van der Waals surface area contributed by atoms with Crippen molar-refractivity contribution in [1.82, 2.24) is 10.6 Å². The van der Waals surface area contributed by atoms with Gasteiger partial charge in [-0.05, 0) is 54.7 Å². The van der Waals surface area contributed by atoms with Crippen LogP contribution in [0.3, 0.4) is 0 Å². The third kappa shape index (κ3) is 5.64. The van der Waals surface area contributed by atoms with E-state index < -0.39 is 0 Å². The lowest BCUT2D eigenvalue weighted by atomic mass is 10.2. The molecule has 0 saturated carbocycles. The van der Waals surface area contributed by atoms with Gasteiger partial charge in [-0.15, -0.1) is 0 Å². The molecule has 1 heterocycles. The Morgan fingerprint density at radius 2 is 1.94 bits per heavy atom. The van der Waals surface area contributed by atoms with Crippen LogP contribution in [0.1, 0.15) is 37.8 Å². The Bertz CT molecular complexity index is 281. The van der Waals surface area contributed by atoms with Crippen LogP contribution in [0.25, 0.3) is 0 Å². The van der Waals surface area contributed by atoms with Gasteiger partial charge < -0.3 is 10.6 Å². The first-order chi connectivity index (χ1) is 7.70. The van der Waals surface area contributed by atoms with Crippen molar-refractivity contribution >= 4 is 11.3 Å². The number of hydrogen-bond acceptors (Lipinski definition) is 3. The molecule has 0 fully saturated rings. The monoisotopic (exact) mass is 240 g/mol. The predicted molar refractivity (Wildman–Crippen MR) is 73.1 cm³/mol. The van der Waals surface area contributed by atoms with E-state index in [1.54, 1.807) is 11.3 Å². The van der Waals surface area contributed by atoms with E-state index >= 15 is 0 Å². The summed E-state index contributed by atoms with van der Waals surface area (Å²) >= 11 is 1.79. The van der Waals surface area contributed by atoms with Gasteiger partial charge in [0.25, 0.3) is 0 Å². The van der Waals surface area contributed by atoms with E-state index in [4.69, 9.17) is 0 Å². The van der Waals surface area contributed by atoms with Crippen molar-refractivity contribution in [1.29, 1.82) is 0 Å². The van der Waals surface area contributed by atoms with Crippen LogP contribution in [-0.4, -0.2) is 19.1 Å². The average molecular weight is 240 g/mol. The summed E-state index contributed by atoms with van der Waals surface area (Å²) in [5, 5.41) is 11.4. The molecule has 92 valence electrons. The second-order valence-electron chi connectivity index (χ2n) is 4.57. The van der Waals surface area contributed by atoms with E-state index in [0.717, 1.165) is 19.6 Å². The van der Waals surface area contributed by atoms with Crippen molar-refractivity contribution in [2.45, 2.75) is 46.2 Å². The van der Waals surface area contributed by atoms with Crippen LogP contribution < -0.4 is 10.6 Å². The molecule has 1 aromatic heterocycles. The first kappa shape index (κ1) is 13.7. The highest BCUT2D eigenvalue weighted by molar-refractivity contribution is 7.08. The second-order valence-corrected chi connectivity index (χ2v) is 5.32. The molecule has 3 heteroatoms. The van der Waals surface area contributed by atoms with E-state index in [9.17, 15) is 0 Å². The maximum absolute atomic E-state index is 3.50. The minimum absolute atomic E-state index is 0.612. The molecule has 0 aliphatic carbocycles. The van der Waals surface area contributed by atoms with Crippen LogP contribution in [0, 0.1) is 6.92 Å². The zero-order chi connectivity index (χ0) is 11.8. The van der Waals surface area contributed by atoms with Gasteiger partial charge in [-0.25, -0.2) is 0 Å². The van der Waals surface area contributed by atoms with E-state index in [0.29, 0.717) is 6.04 Å². The molecule has 16 heavy (non-hydrogen) atoms. The van der Waals surface area contributed by atoms with Gasteiger partial charge in [-0.2, -0.15) is 11.3 Å². The molecule has 0 radical (unpaired) electrons. The molecule has 0 saturated heterocycles. The van der Waals surface area contributed by atoms with Crippen molar-refractivity contribution in [3.05, 3.63) is 21.9 Å². The molecule has 0 aliphatic rings. The Hall–Kier alpha value is -0.380. The first-order valence-corrected chi connectivity index (χ1v) is 7.10. The standard InChI is InChI=1S/C13H24N2S/c1-11(2)15-7-5-4-6-14-8-13-10-16-9-12(13)3/h9-11,14-15H,4-8H2,1-3H3. The molecule has 1 aromatic rings. The summed E-state index contributed by atoms with van der Waals surface area (Å²) in [7, 11) is 0. The van der Waals surface area contributed by atoms with Crippen LogP contribution in [0.4, 0.5) is 0 Å². The molecule has 0 spiro atoms. The number of thiophene rings is 1. The topological polar surface area (TPSA) is 24.1 Å². The zero-order valence-electron chi connectivity index (χ0n) is 10.7. The molecule has 0 bridgehead atoms. The first-order valence-electron chi connectivity index (χ1n) is 6.16. The number of unbranched alkanes of at least 4 members (excludes halogenated alkanes) is 1. The quantitative estimate of drug-likeness (QED) is 0.683. The van der Waals surface area contributed by atoms with Gasteiger partial charge in [0.2, 0.25) is 0 Å². The molecular formula is C13H24N2S. The minimum Gasteiger partial charge on any atom is -0.315 e. The van der Waals surface area contributed by atoms with Crippen molar-refractivity contribution < 1.29 is 0 Å². The van der Waals surface area contributed by atoms with Crippen LogP contribution in [0.2, 0.25) is 0 Å². The molecule has 0 amide bonds. The largest absolute Gasteiger partial charge is 0.315 e. The fraction of sp³-hybridized carbons (Fsp3) is 0.692. The summed E-state index contributed by atoms with van der Waals surface area (Å²) in [5.74, 6) is 0. The smallest absolute Gasteiger partial charge is 0.0216 e. The summed E-state index contributed by atoms with van der Waals surface area (Å²) in [6.45, 7) is 9.84. The van der Waals surface area contributed by atoms with Crippen LogP contribution >= 0.6 is 11.3 Å². The number of nitrogens with one attached hydrogen (secondary N) is 2. The van der Waals surface area contributed by atoms with Crippen LogP contribution in [-0.2, 0) is 6.54 Å².